The predicted molar refractivity (Wildman–Crippen MR) is 65.1 cm³/mol. The number of halogens is 1. The molecule has 0 saturated carbocycles. The molecule has 16 heavy (non-hydrogen) atoms. The second kappa shape index (κ2) is 5.72. The molecule has 0 aliphatic rings. The highest BCUT2D eigenvalue weighted by Gasteiger charge is 2.12. The summed E-state index contributed by atoms with van der Waals surface area (Å²) in [5.74, 6) is -0.277. The Kier molecular flexibility index (Phi) is 4.57. The molecule has 1 rings (SSSR count). The molecule has 1 unspecified atom stereocenters. The van der Waals surface area contributed by atoms with E-state index in [9.17, 15) is 4.79 Å². The van der Waals surface area contributed by atoms with Crippen molar-refractivity contribution in [2.45, 2.75) is 13.0 Å². The third-order valence-corrected chi connectivity index (χ3v) is 2.36. The fourth-order valence-corrected chi connectivity index (χ4v) is 1.23. The number of rotatable bonds is 3. The molecule has 0 aliphatic heterocycles. The molecule has 0 saturated heterocycles. The molecule has 2 N–H and O–H groups in total. The molecule has 86 valence electrons. The van der Waals surface area contributed by atoms with Gasteiger partial charge >= 0.3 is 0 Å². The number of nitrogens with zero attached hydrogens (tertiary/aromatic N) is 3. The summed E-state index contributed by atoms with van der Waals surface area (Å²) in [6, 6.07) is 6.70. The van der Waals surface area contributed by atoms with E-state index in [4.69, 9.17) is 5.73 Å². The smallest absolute Gasteiger partial charge is 0.260 e. The van der Waals surface area contributed by atoms with Gasteiger partial charge in [-0.05, 0) is 31.2 Å². The number of amides is 1. The lowest BCUT2D eigenvalue weighted by molar-refractivity contribution is -0.131. The molecule has 1 atom stereocenters. The first-order valence-corrected chi connectivity index (χ1v) is 5.50. The highest BCUT2D eigenvalue weighted by Crippen LogP contribution is 2.17. The molecule has 0 bridgehead atoms. The van der Waals surface area contributed by atoms with Crippen molar-refractivity contribution in [2.75, 3.05) is 7.05 Å². The van der Waals surface area contributed by atoms with Gasteiger partial charge in [0.25, 0.3) is 5.91 Å². The van der Waals surface area contributed by atoms with Crippen molar-refractivity contribution in [3.63, 3.8) is 0 Å². The molecule has 5 nitrogen and oxygen atoms in total. The van der Waals surface area contributed by atoms with Crippen LogP contribution in [-0.4, -0.2) is 24.0 Å². The summed E-state index contributed by atoms with van der Waals surface area (Å²) in [5.41, 5.74) is 6.10. The van der Waals surface area contributed by atoms with E-state index >= 15 is 0 Å². The summed E-state index contributed by atoms with van der Waals surface area (Å²) in [6.45, 7) is 1.61. The number of hydrogen-bond acceptors (Lipinski definition) is 4. The van der Waals surface area contributed by atoms with Crippen molar-refractivity contribution in [1.29, 1.82) is 0 Å². The van der Waals surface area contributed by atoms with Gasteiger partial charge in [0.05, 0.1) is 11.7 Å². The van der Waals surface area contributed by atoms with Crippen molar-refractivity contribution in [1.82, 2.24) is 5.01 Å². The van der Waals surface area contributed by atoms with Gasteiger partial charge in [-0.15, -0.1) is 5.11 Å². The molecule has 0 radical (unpaired) electrons. The van der Waals surface area contributed by atoms with Gasteiger partial charge in [0.2, 0.25) is 0 Å². The lowest BCUT2D eigenvalue weighted by Gasteiger charge is -2.11. The van der Waals surface area contributed by atoms with Gasteiger partial charge in [0.1, 0.15) is 0 Å². The van der Waals surface area contributed by atoms with E-state index in [2.05, 4.69) is 26.3 Å². The molecule has 0 spiro atoms. The van der Waals surface area contributed by atoms with Crippen LogP contribution in [0.3, 0.4) is 0 Å². The van der Waals surface area contributed by atoms with Crippen molar-refractivity contribution in [2.24, 2.45) is 16.1 Å². The lowest BCUT2D eigenvalue weighted by Crippen LogP contribution is -2.36. The SMILES string of the molecule is CC(N)C(=O)N(C)N=Nc1ccc(Br)cc1. The van der Waals surface area contributed by atoms with E-state index in [1.54, 1.807) is 19.1 Å². The van der Waals surface area contributed by atoms with Gasteiger partial charge in [0.15, 0.2) is 0 Å². The van der Waals surface area contributed by atoms with Crippen LogP contribution < -0.4 is 5.73 Å². The fourth-order valence-electron chi connectivity index (χ4n) is 0.965. The van der Waals surface area contributed by atoms with Gasteiger partial charge in [-0.2, -0.15) is 0 Å². The molecular weight excluding hydrogens is 272 g/mol. The molecule has 0 fully saturated rings. The van der Waals surface area contributed by atoms with Crippen LogP contribution in [0.2, 0.25) is 0 Å². The third-order valence-electron chi connectivity index (χ3n) is 1.83. The zero-order valence-electron chi connectivity index (χ0n) is 9.09. The van der Waals surface area contributed by atoms with Crippen LogP contribution in [0.4, 0.5) is 5.69 Å². The Hall–Kier alpha value is -1.27. The highest BCUT2D eigenvalue weighted by atomic mass is 79.9. The van der Waals surface area contributed by atoms with Gasteiger partial charge in [-0.1, -0.05) is 21.2 Å². The second-order valence-electron chi connectivity index (χ2n) is 3.32. The average Bonchev–Trinajstić information content (AvgIpc) is 2.26. The zero-order valence-corrected chi connectivity index (χ0v) is 10.7. The quantitative estimate of drug-likeness (QED) is 0.683. The number of likely N-dealkylation sites (N-methyl/N-ethyl adjacent to an activating group) is 1. The maximum absolute atomic E-state index is 11.4. The second-order valence-corrected chi connectivity index (χ2v) is 4.23. The maximum atomic E-state index is 11.4. The number of benzene rings is 1. The number of carbonyl (C=O) groups is 1. The Bertz CT molecular complexity index is 388. The van der Waals surface area contributed by atoms with Crippen molar-refractivity contribution < 1.29 is 4.79 Å². The summed E-state index contributed by atoms with van der Waals surface area (Å²) >= 11 is 3.31. The van der Waals surface area contributed by atoms with E-state index in [-0.39, 0.29) is 5.91 Å². The van der Waals surface area contributed by atoms with Crippen LogP contribution in [0, 0.1) is 0 Å². The van der Waals surface area contributed by atoms with Crippen LogP contribution in [0.1, 0.15) is 6.92 Å². The molecule has 1 aromatic carbocycles. The average molecular weight is 285 g/mol. The van der Waals surface area contributed by atoms with E-state index in [0.717, 1.165) is 9.48 Å². The van der Waals surface area contributed by atoms with E-state index in [1.807, 2.05) is 12.1 Å². The molecule has 1 amide bonds. The van der Waals surface area contributed by atoms with Crippen LogP contribution in [0.25, 0.3) is 0 Å². The summed E-state index contributed by atoms with van der Waals surface area (Å²) < 4.78 is 0.964. The van der Waals surface area contributed by atoms with Crippen LogP contribution in [-0.2, 0) is 4.79 Å². The Morgan fingerprint density at radius 1 is 1.44 bits per heavy atom. The van der Waals surface area contributed by atoms with Gasteiger partial charge in [-0.3, -0.25) is 4.79 Å². The Balaban J connectivity index is 2.66. The first-order chi connectivity index (χ1) is 7.50. The first kappa shape index (κ1) is 12.8. The minimum atomic E-state index is -0.575. The van der Waals surface area contributed by atoms with E-state index in [1.165, 1.54) is 7.05 Å². The minimum Gasteiger partial charge on any atom is -0.320 e. The monoisotopic (exact) mass is 284 g/mol. The predicted octanol–water partition coefficient (Wildman–Crippen LogP) is 2.25. The van der Waals surface area contributed by atoms with Gasteiger partial charge in [-0.25, -0.2) is 5.01 Å². The number of nitrogens with two attached hydrogens (primary N) is 1. The number of carbonyl (C=O) groups excluding carboxylic acids is 1. The van der Waals surface area contributed by atoms with Crippen LogP contribution in [0.5, 0.6) is 0 Å². The largest absolute Gasteiger partial charge is 0.320 e. The fraction of sp³-hybridized carbons (Fsp3) is 0.300. The van der Waals surface area contributed by atoms with E-state index in [0.29, 0.717) is 5.69 Å². The zero-order chi connectivity index (χ0) is 12.1. The maximum Gasteiger partial charge on any atom is 0.260 e. The highest BCUT2D eigenvalue weighted by molar-refractivity contribution is 9.10. The van der Waals surface area contributed by atoms with Crippen LogP contribution >= 0.6 is 15.9 Å². The molecule has 0 aliphatic carbocycles. The Labute approximate surface area is 102 Å². The summed E-state index contributed by atoms with van der Waals surface area (Å²) in [6.07, 6.45) is 0. The molecule has 0 heterocycles. The Morgan fingerprint density at radius 2 is 2.00 bits per heavy atom. The summed E-state index contributed by atoms with van der Waals surface area (Å²) in [5, 5.41) is 8.79. The van der Waals surface area contributed by atoms with Crippen molar-refractivity contribution >= 4 is 27.5 Å². The molecule has 6 heteroatoms. The third kappa shape index (κ3) is 3.71. The van der Waals surface area contributed by atoms with Gasteiger partial charge in [0, 0.05) is 11.5 Å². The van der Waals surface area contributed by atoms with E-state index < -0.39 is 6.04 Å². The lowest BCUT2D eigenvalue weighted by atomic mass is 10.3. The van der Waals surface area contributed by atoms with Crippen LogP contribution in [0.15, 0.2) is 39.1 Å². The molecule has 0 aromatic heterocycles. The standard InChI is InChI=1S/C10H13BrN4O/c1-7(12)10(16)15(2)14-13-9-5-3-8(11)4-6-9/h3-7H,12H2,1-2H3. The summed E-state index contributed by atoms with van der Waals surface area (Å²) in [4.78, 5) is 11.4. The minimum absolute atomic E-state index is 0.277. The normalized spacial score (nSPS) is 12.8. The van der Waals surface area contributed by atoms with Crippen molar-refractivity contribution in [3.8, 4) is 0 Å². The van der Waals surface area contributed by atoms with Crippen molar-refractivity contribution in [3.05, 3.63) is 28.7 Å². The Morgan fingerprint density at radius 3 is 2.50 bits per heavy atom. The topological polar surface area (TPSA) is 71.1 Å². The first-order valence-electron chi connectivity index (χ1n) is 4.71. The molecular formula is C10H13BrN4O. The van der Waals surface area contributed by atoms with Gasteiger partial charge < -0.3 is 5.73 Å². The number of hydrogen-bond donors (Lipinski definition) is 1. The molecule has 1 aromatic rings. The summed E-state index contributed by atoms with van der Waals surface area (Å²) in [7, 11) is 1.52.